The number of rotatable bonds is 6. The zero-order valence-corrected chi connectivity index (χ0v) is 14.1. The van der Waals surface area contributed by atoms with E-state index in [-0.39, 0.29) is 0 Å². The predicted octanol–water partition coefficient (Wildman–Crippen LogP) is -1.71. The molecule has 0 rings (SSSR count). The molecule has 12 nitrogen and oxygen atoms in total. The van der Waals surface area contributed by atoms with E-state index in [9.17, 15) is 28.8 Å². The highest BCUT2D eigenvalue weighted by Crippen LogP contribution is 2.14. The molecule has 6 N–H and O–H groups in total. The molecule has 0 unspecified atom stereocenters. The molecule has 0 saturated heterocycles. The lowest BCUT2D eigenvalue weighted by molar-refractivity contribution is -0.279. The maximum absolute atomic E-state index is 10.0. The number of carbonyl (C=O) groups is 3. The van der Waals surface area contributed by atoms with Crippen molar-refractivity contribution in [3.63, 3.8) is 0 Å². The van der Waals surface area contributed by atoms with Crippen LogP contribution in [0.5, 0.6) is 0 Å². The summed E-state index contributed by atoms with van der Waals surface area (Å²) in [6.45, 7) is 8.88. The average molecular weight is 400 g/mol. The molecule has 0 aliphatic heterocycles. The van der Waals surface area contributed by atoms with Crippen LogP contribution < -0.4 is 0 Å². The van der Waals surface area contributed by atoms with E-state index in [0.717, 1.165) is 36.1 Å². The molecule has 0 aromatic heterocycles. The summed E-state index contributed by atoms with van der Waals surface area (Å²) in [5, 5.41) is 48.2. The molecule has 0 aromatic rings. The van der Waals surface area contributed by atoms with Crippen molar-refractivity contribution in [1.82, 2.24) is 0 Å². The second-order valence-corrected chi connectivity index (χ2v) is 3.52. The molecule has 12 heteroatoms. The Balaban J connectivity index is -0.000000159. The average Bonchev–Trinajstić information content (AvgIpc) is 2.61. The van der Waals surface area contributed by atoms with Crippen LogP contribution in [0.25, 0.3) is 0 Å². The van der Waals surface area contributed by atoms with E-state index in [4.69, 9.17) is 30.6 Å². The fourth-order valence-electron chi connectivity index (χ4n) is 0.516. The van der Waals surface area contributed by atoms with Crippen LogP contribution in [0.15, 0.2) is 55.2 Å². The number of carbonyl (C=O) groups excluding carboxylic acids is 3. The van der Waals surface area contributed by atoms with Gasteiger partial charge in [0.15, 0.2) is 0 Å². The number of hydrogen-bond donors (Lipinski definition) is 6. The molecule has 152 valence electrons. The molecule has 0 amide bonds. The van der Waals surface area contributed by atoms with Crippen LogP contribution in [0.3, 0.4) is 0 Å². The maximum Gasteiger partial charge on any atom is 0.327 e. The Labute approximate surface area is 157 Å². The molecular formula is C16H16O12. The summed E-state index contributed by atoms with van der Waals surface area (Å²) in [7, 11) is 0. The second kappa shape index (κ2) is 19.2. The molecule has 0 heterocycles. The Morgan fingerprint density at radius 2 is 1.00 bits per heavy atom. The largest absolute Gasteiger partial charge is 0.478 e. The van der Waals surface area contributed by atoms with Gasteiger partial charge in [-0.25, -0.2) is 28.8 Å². The van der Waals surface area contributed by atoms with E-state index >= 15 is 0 Å². The quantitative estimate of drug-likeness (QED) is 0.127. The minimum Gasteiger partial charge on any atom is -0.478 e. The Morgan fingerprint density at radius 1 is 0.714 bits per heavy atom. The molecule has 0 aliphatic carbocycles. The summed E-state index contributed by atoms with van der Waals surface area (Å²) in [6, 6.07) is 0. The van der Waals surface area contributed by atoms with E-state index in [1.165, 1.54) is 0 Å². The normalized spacial score (nSPS) is 7.68. The van der Waals surface area contributed by atoms with E-state index in [1.54, 1.807) is 0 Å². The van der Waals surface area contributed by atoms with Gasteiger partial charge in [-0.2, -0.15) is 0 Å². The van der Waals surface area contributed by atoms with Gasteiger partial charge in [0.2, 0.25) is 0 Å². The Hall–Kier alpha value is -4.14. The minimum absolute atomic E-state index is 0.407. The molecule has 0 fully saturated rings. The topological polar surface area (TPSA) is 224 Å². The Bertz CT molecular complexity index is 676. The lowest BCUT2D eigenvalue weighted by Crippen LogP contribution is -2.31. The fraction of sp³-hybridized carbons (Fsp3) is 0.0625. The van der Waals surface area contributed by atoms with Gasteiger partial charge in [0, 0.05) is 24.3 Å². The first-order chi connectivity index (χ1) is 12.8. The number of carboxylic acids is 3. The first kappa shape index (κ1) is 31.6. The van der Waals surface area contributed by atoms with Crippen LogP contribution in [0.4, 0.5) is 0 Å². The number of aliphatic hydroxyl groups is 3. The van der Waals surface area contributed by atoms with Gasteiger partial charge >= 0.3 is 23.9 Å². The van der Waals surface area contributed by atoms with Crippen molar-refractivity contribution in [3.8, 4) is 0 Å². The highest BCUT2D eigenvalue weighted by Gasteiger charge is 2.30. The van der Waals surface area contributed by atoms with Gasteiger partial charge in [-0.3, -0.25) is 0 Å². The van der Waals surface area contributed by atoms with Crippen molar-refractivity contribution in [1.29, 1.82) is 0 Å². The number of allylic oxidation sites excluding steroid dienone is 1. The van der Waals surface area contributed by atoms with Crippen molar-refractivity contribution >= 4 is 35.7 Å². The number of aliphatic carboxylic acids is 3. The van der Waals surface area contributed by atoms with Gasteiger partial charge in [-0.15, -0.1) is 0 Å². The van der Waals surface area contributed by atoms with Crippen LogP contribution in [-0.4, -0.2) is 72.3 Å². The summed E-state index contributed by atoms with van der Waals surface area (Å²) in [5.41, 5.74) is -2.04. The lowest BCUT2D eigenvalue weighted by Gasteiger charge is -2.12. The third kappa shape index (κ3) is 26.7. The van der Waals surface area contributed by atoms with Gasteiger partial charge < -0.3 is 30.6 Å². The smallest absolute Gasteiger partial charge is 0.327 e. The summed E-state index contributed by atoms with van der Waals surface area (Å²) >= 11 is 0. The van der Waals surface area contributed by atoms with Gasteiger partial charge in [-0.1, -0.05) is 19.7 Å². The zero-order chi connectivity index (χ0) is 23.3. The summed E-state index contributed by atoms with van der Waals surface area (Å²) < 4.78 is 0. The maximum atomic E-state index is 10.0. The lowest BCUT2D eigenvalue weighted by atomic mass is 10.1. The van der Waals surface area contributed by atoms with Gasteiger partial charge in [0.1, 0.15) is 23.4 Å². The molecule has 0 aromatic carbocycles. The summed E-state index contributed by atoms with van der Waals surface area (Å²) in [5.74, 6) is -3.46. The van der Waals surface area contributed by atoms with Gasteiger partial charge in [0.05, 0.1) is 5.57 Å². The first-order valence-electron chi connectivity index (χ1n) is 6.23. The van der Waals surface area contributed by atoms with E-state index in [0.29, 0.717) is 6.08 Å². The van der Waals surface area contributed by atoms with Gasteiger partial charge in [0.25, 0.3) is 0 Å². The SMILES string of the molecule is C=CC(=O)O.C=CC(=O)O.C=CC(=O)O.O=C=CC(=C=O)C(=C=O)C(O)(O)O. The molecule has 28 heavy (non-hydrogen) atoms. The highest BCUT2D eigenvalue weighted by molar-refractivity contribution is 5.80. The molecule has 0 aliphatic rings. The van der Waals surface area contributed by atoms with Crippen LogP contribution in [0.2, 0.25) is 0 Å². The van der Waals surface area contributed by atoms with Crippen molar-refractivity contribution in [2.45, 2.75) is 5.97 Å². The Kier molecular flexibility index (Phi) is 21.7. The molecule has 0 spiro atoms. The Morgan fingerprint density at radius 3 is 1.11 bits per heavy atom. The van der Waals surface area contributed by atoms with E-state index in [2.05, 4.69) is 19.7 Å². The van der Waals surface area contributed by atoms with Crippen LogP contribution in [0, 0.1) is 0 Å². The number of hydrogen-bond acceptors (Lipinski definition) is 9. The monoisotopic (exact) mass is 400 g/mol. The predicted molar refractivity (Wildman–Crippen MR) is 91.6 cm³/mol. The standard InChI is InChI=1S/C7H4O6.3C3H4O2/c8-2-1-5(3-9)6(4-10)7(11,12)13;3*1-2-3(4)5/h1,11-13H;3*2H,1H2,(H,4,5). The van der Waals surface area contributed by atoms with E-state index in [1.807, 2.05) is 0 Å². The van der Waals surface area contributed by atoms with E-state index < -0.39 is 35.0 Å². The van der Waals surface area contributed by atoms with Crippen LogP contribution in [-0.2, 0) is 28.8 Å². The van der Waals surface area contributed by atoms with Crippen molar-refractivity contribution in [2.75, 3.05) is 0 Å². The summed E-state index contributed by atoms with van der Waals surface area (Å²) in [6.07, 6.45) is 2.91. The fourth-order valence-corrected chi connectivity index (χ4v) is 0.516. The van der Waals surface area contributed by atoms with Crippen molar-refractivity contribution < 1.29 is 59.4 Å². The third-order valence-corrected chi connectivity index (χ3v) is 1.54. The molecule has 0 bridgehead atoms. The van der Waals surface area contributed by atoms with Crippen LogP contribution in [0.1, 0.15) is 0 Å². The molecule has 0 radical (unpaired) electrons. The third-order valence-electron chi connectivity index (χ3n) is 1.54. The molecule has 0 atom stereocenters. The summed E-state index contributed by atoms with van der Waals surface area (Å²) in [4.78, 5) is 57.6. The van der Waals surface area contributed by atoms with Crippen molar-refractivity contribution in [2.24, 2.45) is 0 Å². The minimum atomic E-state index is -3.53. The van der Waals surface area contributed by atoms with Crippen LogP contribution >= 0.6 is 0 Å². The first-order valence-corrected chi connectivity index (χ1v) is 6.23. The molecular weight excluding hydrogens is 384 g/mol. The molecule has 0 saturated carbocycles. The zero-order valence-electron chi connectivity index (χ0n) is 14.1. The number of carboxylic acid groups (broad SMARTS) is 3. The highest BCUT2D eigenvalue weighted by atomic mass is 16.7. The second-order valence-electron chi connectivity index (χ2n) is 3.52. The van der Waals surface area contributed by atoms with Gasteiger partial charge in [-0.05, 0) is 0 Å². The van der Waals surface area contributed by atoms with Crippen molar-refractivity contribution in [3.05, 3.63) is 55.2 Å².